The Morgan fingerprint density at radius 3 is 2.51 bits per heavy atom. The fourth-order valence-electron chi connectivity index (χ4n) is 5.57. The van der Waals surface area contributed by atoms with E-state index in [1.807, 2.05) is 19.1 Å². The number of carbonyl (C=O) groups is 3. The van der Waals surface area contributed by atoms with Crippen molar-refractivity contribution in [2.75, 3.05) is 37.0 Å². The second-order valence-electron chi connectivity index (χ2n) is 11.4. The number of likely N-dealkylation sites (tertiary alicyclic amines) is 1. The number of nitrogens with one attached hydrogen (secondary N) is 1. The molecule has 2 atom stereocenters. The molecule has 0 bridgehead atoms. The van der Waals surface area contributed by atoms with Crippen LogP contribution in [0.25, 0.3) is 0 Å². The molecule has 0 saturated carbocycles. The van der Waals surface area contributed by atoms with Crippen LogP contribution >= 0.6 is 0 Å². The van der Waals surface area contributed by atoms with Crippen LogP contribution in [0.15, 0.2) is 36.4 Å². The Labute approximate surface area is 229 Å². The highest BCUT2D eigenvalue weighted by Gasteiger charge is 2.50. The Hall–Kier alpha value is -3.46. The Morgan fingerprint density at radius 2 is 1.90 bits per heavy atom. The highest BCUT2D eigenvalue weighted by molar-refractivity contribution is 6.10. The number of ether oxygens (including phenoxy) is 2. The minimum atomic E-state index is -1.09. The number of benzene rings is 2. The van der Waals surface area contributed by atoms with Crippen molar-refractivity contribution in [3.05, 3.63) is 58.9 Å². The summed E-state index contributed by atoms with van der Waals surface area (Å²) >= 11 is 0. The molecule has 0 aromatic heterocycles. The number of nitrogens with zero attached hydrogens (tertiary/aromatic N) is 2. The fourth-order valence-corrected chi connectivity index (χ4v) is 5.57. The first kappa shape index (κ1) is 28.5. The lowest BCUT2D eigenvalue weighted by atomic mass is 9.84. The zero-order chi connectivity index (χ0) is 28.5. The molecule has 1 unspecified atom stereocenters. The largest absolute Gasteiger partial charge is 0.465 e. The van der Waals surface area contributed by atoms with E-state index in [4.69, 9.17) is 9.47 Å². The summed E-state index contributed by atoms with van der Waals surface area (Å²) in [6.07, 6.45) is 2.08. The van der Waals surface area contributed by atoms with Crippen molar-refractivity contribution in [2.45, 2.75) is 65.0 Å². The summed E-state index contributed by atoms with van der Waals surface area (Å²) in [5.74, 6) is -0.858. The van der Waals surface area contributed by atoms with E-state index in [9.17, 15) is 14.4 Å². The lowest BCUT2D eigenvalue weighted by Gasteiger charge is -2.42. The summed E-state index contributed by atoms with van der Waals surface area (Å²) in [6, 6.07) is 10.1. The maximum Gasteiger partial charge on any atom is 0.414 e. The molecule has 0 radical (unpaired) electrons. The van der Waals surface area contributed by atoms with Gasteiger partial charge >= 0.3 is 12.1 Å². The number of piperidine rings is 1. The third-order valence-electron chi connectivity index (χ3n) is 7.56. The van der Waals surface area contributed by atoms with E-state index >= 15 is 4.39 Å². The van der Waals surface area contributed by atoms with Gasteiger partial charge in [-0.05, 0) is 96.2 Å². The molecule has 39 heavy (non-hydrogen) atoms. The number of hydrogen-bond acceptors (Lipinski definition) is 6. The maximum atomic E-state index is 15.1. The van der Waals surface area contributed by atoms with Gasteiger partial charge in [0.05, 0.1) is 24.0 Å². The van der Waals surface area contributed by atoms with Gasteiger partial charge < -0.3 is 14.8 Å². The standard InChI is InChI=1S/C30H38FN3O5/c1-7-34(28(37)39-29(2,3)4)24-17-22(31)16-23-25(24)32-27(36)30(23,5)33-14-8-9-20(18-33)15-19-10-12-21(13-11-19)26(35)38-6/h10-13,16-17,20H,7-9,14-15,18H2,1-6H3,(H,32,36)/t20-,30?/m0/s1. The molecule has 210 valence electrons. The van der Waals surface area contributed by atoms with Crippen LogP contribution in [0.2, 0.25) is 0 Å². The molecule has 1 saturated heterocycles. The number of carbonyl (C=O) groups excluding carboxylic acids is 3. The number of fused-ring (bicyclic) bond motifs is 1. The van der Waals surface area contributed by atoms with Crippen LogP contribution in [0.1, 0.15) is 68.9 Å². The number of methoxy groups -OCH3 is 1. The Kier molecular flexibility index (Phi) is 8.02. The van der Waals surface area contributed by atoms with Crippen LogP contribution in [-0.2, 0) is 26.2 Å². The van der Waals surface area contributed by atoms with Crippen molar-refractivity contribution in [2.24, 2.45) is 5.92 Å². The highest BCUT2D eigenvalue weighted by Crippen LogP contribution is 2.47. The first-order valence-electron chi connectivity index (χ1n) is 13.5. The van der Waals surface area contributed by atoms with Crippen LogP contribution in [0.4, 0.5) is 20.6 Å². The van der Waals surface area contributed by atoms with Gasteiger partial charge in [0.2, 0.25) is 5.91 Å². The van der Waals surface area contributed by atoms with Gasteiger partial charge in [0.1, 0.15) is 17.0 Å². The van der Waals surface area contributed by atoms with Crippen molar-refractivity contribution in [1.29, 1.82) is 0 Å². The van der Waals surface area contributed by atoms with Gasteiger partial charge in [-0.2, -0.15) is 0 Å². The number of rotatable bonds is 6. The first-order valence-corrected chi connectivity index (χ1v) is 13.5. The molecule has 0 spiro atoms. The lowest BCUT2D eigenvalue weighted by Crippen LogP contribution is -2.53. The average molecular weight is 540 g/mol. The van der Waals surface area contributed by atoms with E-state index in [0.29, 0.717) is 29.9 Å². The lowest BCUT2D eigenvalue weighted by molar-refractivity contribution is -0.128. The van der Waals surface area contributed by atoms with Crippen LogP contribution < -0.4 is 10.2 Å². The van der Waals surface area contributed by atoms with Gasteiger partial charge in [-0.3, -0.25) is 14.6 Å². The predicted molar refractivity (Wildman–Crippen MR) is 147 cm³/mol. The molecular weight excluding hydrogens is 501 g/mol. The van der Waals surface area contributed by atoms with Gasteiger partial charge in [0.25, 0.3) is 0 Å². The van der Waals surface area contributed by atoms with Crippen molar-refractivity contribution in [3.8, 4) is 0 Å². The molecule has 2 aromatic rings. The van der Waals surface area contributed by atoms with Gasteiger partial charge in [-0.25, -0.2) is 14.0 Å². The topological polar surface area (TPSA) is 88.2 Å². The van der Waals surface area contributed by atoms with Crippen LogP contribution in [0, 0.1) is 11.7 Å². The van der Waals surface area contributed by atoms with E-state index in [1.165, 1.54) is 24.1 Å². The molecule has 2 aliphatic rings. The second kappa shape index (κ2) is 11.0. The summed E-state index contributed by atoms with van der Waals surface area (Å²) in [5.41, 5.74) is 1.04. The summed E-state index contributed by atoms with van der Waals surface area (Å²) in [5, 5.41) is 2.96. The molecule has 2 heterocycles. The fraction of sp³-hybridized carbons (Fsp3) is 0.500. The minimum Gasteiger partial charge on any atom is -0.465 e. The van der Waals surface area contributed by atoms with Crippen LogP contribution in [-0.4, -0.2) is 55.2 Å². The normalized spacial score (nSPS) is 21.2. The molecule has 4 rings (SSSR count). The number of hydrogen-bond donors (Lipinski definition) is 1. The summed E-state index contributed by atoms with van der Waals surface area (Å²) < 4.78 is 25.4. The van der Waals surface area contributed by atoms with E-state index in [0.717, 1.165) is 24.8 Å². The molecular formula is C30H38FN3O5. The van der Waals surface area contributed by atoms with Crippen molar-refractivity contribution < 1.29 is 28.2 Å². The Balaban J connectivity index is 1.60. The van der Waals surface area contributed by atoms with Gasteiger partial charge in [0.15, 0.2) is 0 Å². The summed E-state index contributed by atoms with van der Waals surface area (Å²) in [4.78, 5) is 41.8. The van der Waals surface area contributed by atoms with E-state index in [1.54, 1.807) is 39.8 Å². The van der Waals surface area contributed by atoms with E-state index in [-0.39, 0.29) is 30.0 Å². The Morgan fingerprint density at radius 1 is 1.21 bits per heavy atom. The molecule has 1 N–H and O–H groups in total. The number of amides is 2. The third-order valence-corrected chi connectivity index (χ3v) is 7.56. The predicted octanol–water partition coefficient (Wildman–Crippen LogP) is 5.50. The van der Waals surface area contributed by atoms with Crippen LogP contribution in [0.3, 0.4) is 0 Å². The number of esters is 1. The van der Waals surface area contributed by atoms with Crippen molar-refractivity contribution in [1.82, 2.24) is 4.90 Å². The summed E-state index contributed by atoms with van der Waals surface area (Å²) in [7, 11) is 1.36. The Bertz CT molecular complexity index is 1260. The minimum absolute atomic E-state index is 0.243. The molecule has 2 aromatic carbocycles. The summed E-state index contributed by atoms with van der Waals surface area (Å²) in [6.45, 7) is 10.5. The van der Waals surface area contributed by atoms with Crippen LogP contribution in [0.5, 0.6) is 0 Å². The maximum absolute atomic E-state index is 15.1. The average Bonchev–Trinajstić information content (AvgIpc) is 3.14. The smallest absolute Gasteiger partial charge is 0.414 e. The quantitative estimate of drug-likeness (QED) is 0.488. The zero-order valence-electron chi connectivity index (χ0n) is 23.6. The molecule has 8 nitrogen and oxygen atoms in total. The molecule has 2 aliphatic heterocycles. The molecule has 9 heteroatoms. The monoisotopic (exact) mass is 539 g/mol. The van der Waals surface area contributed by atoms with E-state index < -0.39 is 23.1 Å². The SMILES string of the molecule is CCN(C(=O)OC(C)(C)C)c1cc(F)cc2c1NC(=O)C2(C)N1CCC[C@@H](Cc2ccc(C(=O)OC)cc2)C1. The first-order chi connectivity index (χ1) is 18.4. The number of halogens is 1. The highest BCUT2D eigenvalue weighted by atomic mass is 19.1. The molecule has 0 aliphatic carbocycles. The molecule has 2 amide bonds. The van der Waals surface area contributed by atoms with E-state index in [2.05, 4.69) is 10.2 Å². The van der Waals surface area contributed by atoms with Gasteiger partial charge in [-0.1, -0.05) is 12.1 Å². The van der Waals surface area contributed by atoms with Gasteiger partial charge in [0, 0.05) is 18.7 Å². The zero-order valence-corrected chi connectivity index (χ0v) is 23.6. The molecule has 1 fully saturated rings. The van der Waals surface area contributed by atoms with Crippen molar-refractivity contribution in [3.63, 3.8) is 0 Å². The third kappa shape index (κ3) is 5.78. The van der Waals surface area contributed by atoms with Crippen molar-refractivity contribution >= 4 is 29.3 Å². The van der Waals surface area contributed by atoms with Gasteiger partial charge in [-0.15, -0.1) is 0 Å². The second-order valence-corrected chi connectivity index (χ2v) is 11.4. The number of anilines is 2.